The van der Waals surface area contributed by atoms with Gasteiger partial charge in [0.2, 0.25) is 11.8 Å². The molecule has 2 aromatic heterocycles. The van der Waals surface area contributed by atoms with Crippen molar-refractivity contribution in [3.05, 3.63) is 47.2 Å². The second kappa shape index (κ2) is 6.00. The maximum absolute atomic E-state index is 13.4. The Bertz CT molecular complexity index is 1070. The molecule has 5 nitrogen and oxygen atoms in total. The molecule has 0 saturated carbocycles. The predicted octanol–water partition coefficient (Wildman–Crippen LogP) is 4.22. The molecule has 3 aromatic rings. The van der Waals surface area contributed by atoms with Gasteiger partial charge in [-0.2, -0.15) is 22.8 Å². The van der Waals surface area contributed by atoms with E-state index in [1.807, 2.05) is 6.07 Å². The zero-order valence-electron chi connectivity index (χ0n) is 14.6. The molecule has 8 heteroatoms. The molecule has 3 heterocycles. The van der Waals surface area contributed by atoms with Crippen LogP contribution < -0.4 is 10.1 Å². The molecule has 1 N–H and O–H groups in total. The fraction of sp³-hybridized carbons (Fsp3) is 0.263. The van der Waals surface area contributed by atoms with Gasteiger partial charge in [-0.25, -0.2) is 0 Å². The number of rotatable bonds is 2. The number of fused-ring (bicyclic) bond motifs is 2. The minimum Gasteiger partial charge on any atom is -0.481 e. The number of methoxy groups -OCH3 is 1. The minimum atomic E-state index is -4.56. The number of halogens is 3. The van der Waals surface area contributed by atoms with E-state index in [9.17, 15) is 18.0 Å². The molecule has 0 bridgehead atoms. The second-order valence-corrected chi connectivity index (χ2v) is 6.44. The summed E-state index contributed by atoms with van der Waals surface area (Å²) in [5, 5.41) is 6.55. The maximum atomic E-state index is 13.4. The Hall–Kier alpha value is -3.03. The van der Waals surface area contributed by atoms with Crippen LogP contribution in [0.1, 0.15) is 23.2 Å². The first-order chi connectivity index (χ1) is 12.8. The molecule has 1 aliphatic rings. The first-order valence-electron chi connectivity index (χ1n) is 8.36. The van der Waals surface area contributed by atoms with Crippen molar-refractivity contribution >= 4 is 17.1 Å². The van der Waals surface area contributed by atoms with E-state index in [4.69, 9.17) is 4.74 Å². The number of hydrogen-bond acceptors (Lipinski definition) is 3. The first kappa shape index (κ1) is 17.4. The van der Waals surface area contributed by atoms with Gasteiger partial charge in [0, 0.05) is 29.3 Å². The number of carbonyl (C=O) groups is 1. The summed E-state index contributed by atoms with van der Waals surface area (Å²) in [6.07, 6.45) is -3.58. The van der Waals surface area contributed by atoms with E-state index < -0.39 is 11.9 Å². The fourth-order valence-electron chi connectivity index (χ4n) is 3.48. The monoisotopic (exact) mass is 375 g/mol. The van der Waals surface area contributed by atoms with Gasteiger partial charge < -0.3 is 10.1 Å². The van der Waals surface area contributed by atoms with E-state index in [1.165, 1.54) is 18.5 Å². The Morgan fingerprint density at radius 2 is 1.96 bits per heavy atom. The number of aryl methyl sites for hydroxylation is 2. The lowest BCUT2D eigenvalue weighted by Gasteiger charge is -2.18. The van der Waals surface area contributed by atoms with Crippen molar-refractivity contribution in [2.75, 3.05) is 12.4 Å². The third-order valence-electron chi connectivity index (χ3n) is 4.77. The van der Waals surface area contributed by atoms with Gasteiger partial charge in [0.25, 0.3) is 0 Å². The summed E-state index contributed by atoms with van der Waals surface area (Å²) in [6, 6.07) is 8.78. The largest absolute Gasteiger partial charge is 0.481 e. The minimum absolute atomic E-state index is 0.0384. The number of amides is 1. The van der Waals surface area contributed by atoms with Crippen molar-refractivity contribution < 1.29 is 22.7 Å². The van der Waals surface area contributed by atoms with Crippen molar-refractivity contribution in [1.29, 1.82) is 0 Å². The van der Waals surface area contributed by atoms with Gasteiger partial charge in [0.15, 0.2) is 5.69 Å². The Labute approximate surface area is 152 Å². The number of aromatic nitrogens is 2. The molecule has 1 aliphatic heterocycles. The van der Waals surface area contributed by atoms with E-state index in [0.29, 0.717) is 23.9 Å². The Kier molecular flexibility index (Phi) is 3.87. The zero-order chi connectivity index (χ0) is 19.3. The summed E-state index contributed by atoms with van der Waals surface area (Å²) in [6.45, 7) is 1.41. The topological polar surface area (TPSA) is 55.6 Å². The summed E-state index contributed by atoms with van der Waals surface area (Å²) < 4.78 is 46.5. The molecule has 0 aliphatic carbocycles. The van der Waals surface area contributed by atoms with Crippen LogP contribution in [0.15, 0.2) is 30.3 Å². The number of benzene rings is 1. The lowest BCUT2D eigenvalue weighted by molar-refractivity contribution is -0.141. The number of carbonyl (C=O) groups excluding carboxylic acids is 1. The summed E-state index contributed by atoms with van der Waals surface area (Å²) in [4.78, 5) is 11.5. The number of ether oxygens (including phenoxy) is 1. The lowest BCUT2D eigenvalue weighted by atomic mass is 9.96. The fourth-order valence-corrected chi connectivity index (χ4v) is 3.48. The van der Waals surface area contributed by atoms with E-state index in [-0.39, 0.29) is 17.4 Å². The normalized spacial score (nSPS) is 14.2. The SMILES string of the molecule is COc1ccc(-c2ccc3c(c2)CCC(=O)N3)c2c(C)c(C(F)(F)F)nn12. The van der Waals surface area contributed by atoms with Crippen LogP contribution in [0.4, 0.5) is 18.9 Å². The van der Waals surface area contributed by atoms with Crippen LogP contribution in [0.2, 0.25) is 0 Å². The predicted molar refractivity (Wildman–Crippen MR) is 93.9 cm³/mol. The van der Waals surface area contributed by atoms with E-state index in [1.54, 1.807) is 24.3 Å². The molecular formula is C19H16F3N3O2. The van der Waals surface area contributed by atoms with Crippen LogP contribution in [0.5, 0.6) is 5.88 Å². The van der Waals surface area contributed by atoms with E-state index in [2.05, 4.69) is 10.4 Å². The second-order valence-electron chi connectivity index (χ2n) is 6.44. The molecule has 4 rings (SSSR count). The maximum Gasteiger partial charge on any atom is 0.435 e. The van der Waals surface area contributed by atoms with Gasteiger partial charge in [-0.3, -0.25) is 4.79 Å². The van der Waals surface area contributed by atoms with Crippen LogP contribution in [0.3, 0.4) is 0 Å². The zero-order valence-corrected chi connectivity index (χ0v) is 14.6. The molecule has 140 valence electrons. The van der Waals surface area contributed by atoms with Crippen molar-refractivity contribution in [2.45, 2.75) is 25.9 Å². The van der Waals surface area contributed by atoms with Crippen molar-refractivity contribution in [3.8, 4) is 17.0 Å². The number of alkyl halides is 3. The highest BCUT2D eigenvalue weighted by Gasteiger charge is 2.37. The quantitative estimate of drug-likeness (QED) is 0.730. The average Bonchev–Trinajstić information content (AvgIpc) is 2.99. The van der Waals surface area contributed by atoms with Crippen LogP contribution in [-0.4, -0.2) is 22.6 Å². The number of hydrogen-bond donors (Lipinski definition) is 1. The molecule has 1 amide bonds. The molecule has 1 aromatic carbocycles. The molecular weight excluding hydrogens is 359 g/mol. The average molecular weight is 375 g/mol. The Morgan fingerprint density at radius 1 is 1.19 bits per heavy atom. The Morgan fingerprint density at radius 3 is 2.67 bits per heavy atom. The number of anilines is 1. The summed E-state index contributed by atoms with van der Waals surface area (Å²) in [7, 11) is 1.39. The Balaban J connectivity index is 1.95. The molecule has 0 radical (unpaired) electrons. The molecule has 0 spiro atoms. The molecule has 0 saturated heterocycles. The van der Waals surface area contributed by atoms with Crippen LogP contribution in [0, 0.1) is 6.92 Å². The van der Waals surface area contributed by atoms with Crippen LogP contribution >= 0.6 is 0 Å². The molecule has 0 atom stereocenters. The van der Waals surface area contributed by atoms with Gasteiger partial charge >= 0.3 is 6.18 Å². The van der Waals surface area contributed by atoms with Crippen molar-refractivity contribution in [2.24, 2.45) is 0 Å². The summed E-state index contributed by atoms with van der Waals surface area (Å²) >= 11 is 0. The van der Waals surface area contributed by atoms with Crippen LogP contribution in [-0.2, 0) is 17.4 Å². The van der Waals surface area contributed by atoms with Gasteiger partial charge in [0.1, 0.15) is 0 Å². The first-order valence-corrected chi connectivity index (χ1v) is 8.36. The number of nitrogens with zero attached hydrogens (tertiary/aromatic N) is 2. The van der Waals surface area contributed by atoms with E-state index >= 15 is 0 Å². The third-order valence-corrected chi connectivity index (χ3v) is 4.77. The molecule has 0 fully saturated rings. The summed E-state index contributed by atoms with van der Waals surface area (Å²) in [5.74, 6) is 0.182. The van der Waals surface area contributed by atoms with Crippen molar-refractivity contribution in [3.63, 3.8) is 0 Å². The van der Waals surface area contributed by atoms with Crippen LogP contribution in [0.25, 0.3) is 16.6 Å². The van der Waals surface area contributed by atoms with E-state index in [0.717, 1.165) is 16.8 Å². The van der Waals surface area contributed by atoms with Crippen molar-refractivity contribution in [1.82, 2.24) is 9.61 Å². The smallest absolute Gasteiger partial charge is 0.435 e. The standard InChI is InChI=1S/C19H16F3N3O2/c1-10-17-13(11-3-6-14-12(9-11)4-7-15(26)23-14)5-8-16(27-2)25(17)24-18(10)19(20,21)22/h3,5-6,8-9H,4,7H2,1-2H3,(H,23,26). The van der Waals surface area contributed by atoms with Gasteiger partial charge in [0.05, 0.1) is 12.6 Å². The molecule has 27 heavy (non-hydrogen) atoms. The third kappa shape index (κ3) is 2.81. The molecule has 0 unspecified atom stereocenters. The van der Waals surface area contributed by atoms with Gasteiger partial charge in [-0.05, 0) is 42.7 Å². The highest BCUT2D eigenvalue weighted by molar-refractivity contribution is 5.95. The lowest BCUT2D eigenvalue weighted by Crippen LogP contribution is -2.18. The number of nitrogens with one attached hydrogen (secondary N) is 1. The highest BCUT2D eigenvalue weighted by Crippen LogP contribution is 2.38. The summed E-state index contributed by atoms with van der Waals surface area (Å²) in [5.41, 5.74) is 2.53. The van der Waals surface area contributed by atoms with Gasteiger partial charge in [-0.1, -0.05) is 6.07 Å². The van der Waals surface area contributed by atoms with Gasteiger partial charge in [-0.15, -0.1) is 0 Å². The number of pyridine rings is 1. The highest BCUT2D eigenvalue weighted by atomic mass is 19.4.